The molecule has 1 amide bonds. The Morgan fingerprint density at radius 3 is 2.44 bits per heavy atom. The Morgan fingerprint density at radius 2 is 1.78 bits per heavy atom. The van der Waals surface area contributed by atoms with Crippen LogP contribution in [0.25, 0.3) is 5.69 Å². The number of hydrogen-bond acceptors (Lipinski definition) is 5. The lowest BCUT2D eigenvalue weighted by Gasteiger charge is -2.11. The summed E-state index contributed by atoms with van der Waals surface area (Å²) in [6.07, 6.45) is 1.23. The number of benzene rings is 2. The maximum atomic E-state index is 12.6. The molecule has 0 radical (unpaired) electrons. The van der Waals surface area contributed by atoms with Gasteiger partial charge in [-0.25, -0.2) is 13.1 Å². The number of nitrogens with one attached hydrogen (secondary N) is 2. The lowest BCUT2D eigenvalue weighted by Crippen LogP contribution is -2.16. The van der Waals surface area contributed by atoms with Crippen molar-refractivity contribution in [1.82, 2.24) is 9.78 Å². The highest BCUT2D eigenvalue weighted by atomic mass is 32.2. The molecule has 0 spiro atoms. The van der Waals surface area contributed by atoms with E-state index < -0.39 is 15.9 Å². The molecule has 0 saturated heterocycles. The Hall–Kier alpha value is -3.64. The molecule has 0 unspecified atom stereocenters. The Labute approximate surface area is 156 Å². The number of para-hydroxylation sites is 1. The fourth-order valence-electron chi connectivity index (χ4n) is 2.35. The molecule has 2 aromatic carbocycles. The first-order valence-electron chi connectivity index (χ1n) is 7.89. The third-order valence-electron chi connectivity index (χ3n) is 3.57. The summed E-state index contributed by atoms with van der Waals surface area (Å²) in [4.78, 5) is 11.4. The number of sulfonamides is 1. The van der Waals surface area contributed by atoms with E-state index >= 15 is 0 Å². The molecule has 0 saturated carbocycles. The number of amides is 1. The number of aromatic nitrogens is 2. The minimum atomic E-state index is -3.85. The third-order valence-corrected chi connectivity index (χ3v) is 4.94. The first-order chi connectivity index (χ1) is 13.0. The quantitative estimate of drug-likeness (QED) is 0.680. The second-order valence-corrected chi connectivity index (χ2v) is 7.16. The van der Waals surface area contributed by atoms with E-state index in [0.29, 0.717) is 11.5 Å². The van der Waals surface area contributed by atoms with E-state index in [1.165, 1.54) is 35.1 Å². The van der Waals surface area contributed by atoms with E-state index in [4.69, 9.17) is 5.26 Å². The van der Waals surface area contributed by atoms with E-state index in [1.807, 2.05) is 30.3 Å². The van der Waals surface area contributed by atoms with Crippen LogP contribution in [0.2, 0.25) is 0 Å². The minimum Gasteiger partial charge on any atom is -0.325 e. The van der Waals surface area contributed by atoms with Crippen LogP contribution in [0.4, 0.5) is 11.5 Å². The van der Waals surface area contributed by atoms with Crippen molar-refractivity contribution in [3.63, 3.8) is 0 Å². The molecule has 0 bridgehead atoms. The third kappa shape index (κ3) is 4.31. The van der Waals surface area contributed by atoms with Crippen LogP contribution < -0.4 is 10.0 Å². The van der Waals surface area contributed by atoms with Crippen LogP contribution in [0, 0.1) is 11.3 Å². The number of hydrogen-bond donors (Lipinski definition) is 2. The zero-order valence-corrected chi connectivity index (χ0v) is 14.8. The van der Waals surface area contributed by atoms with Gasteiger partial charge in [-0.15, -0.1) is 0 Å². The molecule has 0 aliphatic rings. The molecule has 3 aromatic rings. The smallest absolute Gasteiger partial charge is 0.263 e. The van der Waals surface area contributed by atoms with Crippen molar-refractivity contribution in [3.8, 4) is 11.8 Å². The van der Waals surface area contributed by atoms with Gasteiger partial charge in [0.25, 0.3) is 10.0 Å². The molecule has 0 aliphatic carbocycles. The summed E-state index contributed by atoms with van der Waals surface area (Å²) < 4.78 is 29.3. The van der Waals surface area contributed by atoms with E-state index in [1.54, 1.807) is 12.1 Å². The van der Waals surface area contributed by atoms with Gasteiger partial charge in [-0.05, 0) is 36.4 Å². The van der Waals surface area contributed by atoms with Crippen LogP contribution in [0.5, 0.6) is 0 Å². The van der Waals surface area contributed by atoms with Gasteiger partial charge in [0.15, 0.2) is 0 Å². The number of carbonyl (C=O) groups is 1. The average molecular weight is 381 g/mol. The van der Waals surface area contributed by atoms with Gasteiger partial charge in [-0.2, -0.15) is 10.4 Å². The van der Waals surface area contributed by atoms with E-state index in [0.717, 1.165) is 5.69 Å². The van der Waals surface area contributed by atoms with Crippen molar-refractivity contribution in [2.45, 2.75) is 11.3 Å². The Kier molecular flexibility index (Phi) is 5.19. The highest BCUT2D eigenvalue weighted by Gasteiger charge is 2.17. The molecule has 0 fully saturated rings. The largest absolute Gasteiger partial charge is 0.325 e. The van der Waals surface area contributed by atoms with Crippen molar-refractivity contribution < 1.29 is 13.2 Å². The van der Waals surface area contributed by atoms with Crippen LogP contribution in [0.1, 0.15) is 6.42 Å². The highest BCUT2D eigenvalue weighted by molar-refractivity contribution is 7.92. The van der Waals surface area contributed by atoms with Crippen molar-refractivity contribution >= 4 is 27.4 Å². The normalized spacial score (nSPS) is 10.8. The van der Waals surface area contributed by atoms with E-state index in [-0.39, 0.29) is 11.3 Å². The summed E-state index contributed by atoms with van der Waals surface area (Å²) in [6.45, 7) is 0. The van der Waals surface area contributed by atoms with Gasteiger partial charge >= 0.3 is 0 Å². The summed E-state index contributed by atoms with van der Waals surface area (Å²) in [7, 11) is -3.85. The topological polar surface area (TPSA) is 117 Å². The number of anilines is 2. The zero-order chi connectivity index (χ0) is 19.3. The van der Waals surface area contributed by atoms with Gasteiger partial charge in [-0.3, -0.25) is 9.52 Å². The minimum absolute atomic E-state index is 0.0293. The second-order valence-electron chi connectivity index (χ2n) is 5.48. The molecule has 136 valence electrons. The molecule has 27 heavy (non-hydrogen) atoms. The maximum Gasteiger partial charge on any atom is 0.263 e. The fraction of sp³-hybridized carbons (Fsp3) is 0.0556. The van der Waals surface area contributed by atoms with Crippen LogP contribution >= 0.6 is 0 Å². The van der Waals surface area contributed by atoms with Gasteiger partial charge in [0.2, 0.25) is 5.91 Å². The molecule has 3 rings (SSSR count). The predicted octanol–water partition coefficient (Wildman–Crippen LogP) is 2.53. The van der Waals surface area contributed by atoms with Crippen molar-refractivity contribution in [3.05, 3.63) is 66.9 Å². The monoisotopic (exact) mass is 381 g/mol. The summed E-state index contributed by atoms with van der Waals surface area (Å²) >= 11 is 0. The first kappa shape index (κ1) is 18.2. The van der Waals surface area contributed by atoms with Gasteiger partial charge in [0.05, 0.1) is 22.8 Å². The predicted molar refractivity (Wildman–Crippen MR) is 99.7 cm³/mol. The summed E-state index contributed by atoms with van der Waals surface area (Å²) in [5.41, 5.74) is 1.12. The number of rotatable bonds is 6. The second kappa shape index (κ2) is 7.72. The molecular weight excluding hydrogens is 366 g/mol. The molecule has 0 atom stereocenters. The lowest BCUT2D eigenvalue weighted by atomic mass is 10.3. The molecule has 2 N–H and O–H groups in total. The van der Waals surface area contributed by atoms with Gasteiger partial charge in [0.1, 0.15) is 12.2 Å². The summed E-state index contributed by atoms with van der Waals surface area (Å²) in [5, 5.41) is 15.1. The Bertz CT molecular complexity index is 1080. The van der Waals surface area contributed by atoms with Crippen molar-refractivity contribution in [1.29, 1.82) is 5.26 Å². The molecule has 8 nitrogen and oxygen atoms in total. The first-order valence-corrected chi connectivity index (χ1v) is 9.37. The Balaban J connectivity index is 1.79. The number of nitrogens with zero attached hydrogens (tertiary/aromatic N) is 3. The van der Waals surface area contributed by atoms with Gasteiger partial charge < -0.3 is 5.32 Å². The van der Waals surface area contributed by atoms with Crippen LogP contribution in [0.3, 0.4) is 0 Å². The average Bonchev–Trinajstić information content (AvgIpc) is 3.10. The molecule has 1 heterocycles. The zero-order valence-electron chi connectivity index (χ0n) is 14.0. The molecule has 1 aromatic heterocycles. The van der Waals surface area contributed by atoms with Gasteiger partial charge in [-0.1, -0.05) is 18.2 Å². The van der Waals surface area contributed by atoms with Crippen LogP contribution in [0.15, 0.2) is 71.8 Å². The standard InChI is InChI=1S/C18H15N5O3S/c19-12-10-18(24)21-14-6-8-16(9-7-14)27(25,26)22-17-11-13-20-23(17)15-4-2-1-3-5-15/h1-9,11,13,22H,10H2,(H,21,24). The fourth-order valence-corrected chi connectivity index (χ4v) is 3.39. The SMILES string of the molecule is N#CCC(=O)Nc1ccc(S(=O)(=O)Nc2ccnn2-c2ccccc2)cc1. The maximum absolute atomic E-state index is 12.6. The number of carbonyl (C=O) groups excluding carboxylic acids is 1. The summed E-state index contributed by atoms with van der Waals surface area (Å²) in [6, 6.07) is 18.1. The van der Waals surface area contributed by atoms with Crippen molar-refractivity contribution in [2.24, 2.45) is 0 Å². The molecular formula is C18H15N5O3S. The van der Waals surface area contributed by atoms with Crippen LogP contribution in [-0.2, 0) is 14.8 Å². The molecule has 9 heteroatoms. The van der Waals surface area contributed by atoms with Crippen molar-refractivity contribution in [2.75, 3.05) is 10.0 Å². The van der Waals surface area contributed by atoms with E-state index in [9.17, 15) is 13.2 Å². The Morgan fingerprint density at radius 1 is 1.07 bits per heavy atom. The lowest BCUT2D eigenvalue weighted by molar-refractivity contribution is -0.115. The summed E-state index contributed by atoms with van der Waals surface area (Å²) in [5.74, 6) is -0.161. The molecule has 0 aliphatic heterocycles. The van der Waals surface area contributed by atoms with Gasteiger partial charge in [0, 0.05) is 11.8 Å². The highest BCUT2D eigenvalue weighted by Crippen LogP contribution is 2.20. The van der Waals surface area contributed by atoms with Crippen LogP contribution in [-0.4, -0.2) is 24.1 Å². The van der Waals surface area contributed by atoms with E-state index in [2.05, 4.69) is 15.1 Å². The number of nitriles is 1.